The van der Waals surface area contributed by atoms with Crippen molar-refractivity contribution in [2.24, 2.45) is 11.8 Å². The molecule has 1 aliphatic carbocycles. The van der Waals surface area contributed by atoms with E-state index in [9.17, 15) is 0 Å². The van der Waals surface area contributed by atoms with Gasteiger partial charge in [-0.25, -0.2) is 9.97 Å². The molecule has 1 fully saturated rings. The van der Waals surface area contributed by atoms with E-state index in [1.165, 1.54) is 32.1 Å². The molecule has 0 N–H and O–H groups in total. The third-order valence-electron chi connectivity index (χ3n) is 4.69. The minimum atomic E-state index is 0.693. The minimum absolute atomic E-state index is 0.693. The number of fused-ring (bicyclic) bond motifs is 1. The van der Waals surface area contributed by atoms with Crippen LogP contribution in [0.3, 0.4) is 0 Å². The smallest absolute Gasteiger partial charge is 0.0909 e. The summed E-state index contributed by atoms with van der Waals surface area (Å²) < 4.78 is 0. The molecular weight excluding hydrogens is 292 g/mol. The van der Waals surface area contributed by atoms with Crippen molar-refractivity contribution in [3.63, 3.8) is 0 Å². The number of rotatable bonds is 7. The molecule has 1 unspecified atom stereocenters. The number of hydrogen-bond donors (Lipinski definition) is 0. The average molecular weight is 315 g/mol. The number of halogens is 1. The van der Waals surface area contributed by atoms with Gasteiger partial charge in [0, 0.05) is 5.02 Å². The maximum Gasteiger partial charge on any atom is 0.0909 e. The third kappa shape index (κ3) is 3.67. The number of unbranched alkanes of at least 4 members (excludes halogenated alkanes) is 2. The van der Waals surface area contributed by atoms with E-state index in [-0.39, 0.29) is 0 Å². The third-order valence-corrected chi connectivity index (χ3v) is 4.92. The zero-order valence-corrected chi connectivity index (χ0v) is 13.9. The molecule has 0 amide bonds. The Labute approximate surface area is 137 Å². The Balaban J connectivity index is 1.61. The van der Waals surface area contributed by atoms with Crippen LogP contribution in [-0.2, 0) is 6.42 Å². The van der Waals surface area contributed by atoms with Crippen LogP contribution in [0.15, 0.2) is 24.8 Å². The van der Waals surface area contributed by atoms with E-state index in [2.05, 4.69) is 18.5 Å². The summed E-state index contributed by atoms with van der Waals surface area (Å²) in [7, 11) is 0. The van der Waals surface area contributed by atoms with Crippen LogP contribution in [0, 0.1) is 11.8 Å². The summed E-state index contributed by atoms with van der Waals surface area (Å²) >= 11 is 6.02. The van der Waals surface area contributed by atoms with Crippen LogP contribution >= 0.6 is 11.6 Å². The lowest BCUT2D eigenvalue weighted by molar-refractivity contribution is 0.579. The Morgan fingerprint density at radius 2 is 2.05 bits per heavy atom. The van der Waals surface area contributed by atoms with Gasteiger partial charge in [-0.3, -0.25) is 0 Å². The van der Waals surface area contributed by atoms with Gasteiger partial charge in [0.15, 0.2) is 0 Å². The van der Waals surface area contributed by atoms with Crippen LogP contribution in [-0.4, -0.2) is 9.97 Å². The lowest BCUT2D eigenvalue weighted by atomic mass is 10.1. The number of nitrogens with zero attached hydrogens (tertiary/aromatic N) is 2. The topological polar surface area (TPSA) is 25.8 Å². The van der Waals surface area contributed by atoms with E-state index in [0.717, 1.165) is 40.7 Å². The molecule has 0 bridgehead atoms. The first-order chi connectivity index (χ1) is 10.7. The second-order valence-corrected chi connectivity index (χ2v) is 6.90. The SMILES string of the molecule is C=Cc1nc2cc(Cl)ccc2nc1CCCCC[C@@H]1CC1C. The van der Waals surface area contributed by atoms with Crippen LogP contribution < -0.4 is 0 Å². The molecule has 3 rings (SSSR count). The Hall–Kier alpha value is -1.41. The molecule has 2 nitrogen and oxygen atoms in total. The molecule has 1 aromatic carbocycles. The average Bonchev–Trinajstić information content (AvgIpc) is 3.21. The molecule has 116 valence electrons. The molecule has 0 saturated heterocycles. The van der Waals surface area contributed by atoms with Crippen molar-refractivity contribution in [3.05, 3.63) is 41.2 Å². The lowest BCUT2D eigenvalue weighted by Gasteiger charge is -2.07. The molecule has 0 radical (unpaired) electrons. The summed E-state index contributed by atoms with van der Waals surface area (Å²) in [6, 6.07) is 5.67. The van der Waals surface area contributed by atoms with Crippen molar-refractivity contribution < 1.29 is 0 Å². The highest BCUT2D eigenvalue weighted by atomic mass is 35.5. The molecule has 1 heterocycles. The number of benzene rings is 1. The van der Waals surface area contributed by atoms with Crippen LogP contribution in [0.25, 0.3) is 17.1 Å². The van der Waals surface area contributed by atoms with Crippen LogP contribution in [0.2, 0.25) is 5.02 Å². The summed E-state index contributed by atoms with van der Waals surface area (Å²) in [5.41, 5.74) is 3.71. The minimum Gasteiger partial charge on any atom is -0.249 e. The fraction of sp³-hybridized carbons (Fsp3) is 0.474. The maximum absolute atomic E-state index is 6.02. The van der Waals surface area contributed by atoms with Crippen molar-refractivity contribution in [3.8, 4) is 0 Å². The van der Waals surface area contributed by atoms with Gasteiger partial charge in [0.05, 0.1) is 22.4 Å². The van der Waals surface area contributed by atoms with Gasteiger partial charge in [-0.05, 0) is 55.4 Å². The first-order valence-corrected chi connectivity index (χ1v) is 8.64. The molecule has 22 heavy (non-hydrogen) atoms. The van der Waals surface area contributed by atoms with Crippen molar-refractivity contribution >= 4 is 28.7 Å². The van der Waals surface area contributed by atoms with Gasteiger partial charge in [-0.2, -0.15) is 0 Å². The summed E-state index contributed by atoms with van der Waals surface area (Å²) in [6.07, 6.45) is 9.42. The zero-order chi connectivity index (χ0) is 15.5. The predicted octanol–water partition coefficient (Wildman–Crippen LogP) is 5.69. The molecule has 0 aliphatic heterocycles. The summed E-state index contributed by atoms with van der Waals surface area (Å²) in [5, 5.41) is 0.693. The number of aromatic nitrogens is 2. The predicted molar refractivity (Wildman–Crippen MR) is 94.1 cm³/mol. The summed E-state index contributed by atoms with van der Waals surface area (Å²) in [6.45, 7) is 6.23. The number of aryl methyl sites for hydroxylation is 1. The fourth-order valence-corrected chi connectivity index (χ4v) is 3.27. The van der Waals surface area contributed by atoms with E-state index >= 15 is 0 Å². The molecule has 1 saturated carbocycles. The second kappa shape index (κ2) is 6.78. The Morgan fingerprint density at radius 1 is 1.23 bits per heavy atom. The molecule has 1 aromatic heterocycles. The highest BCUT2D eigenvalue weighted by Crippen LogP contribution is 2.41. The van der Waals surface area contributed by atoms with E-state index in [4.69, 9.17) is 16.6 Å². The largest absolute Gasteiger partial charge is 0.249 e. The van der Waals surface area contributed by atoms with E-state index in [1.54, 1.807) is 6.08 Å². The molecule has 1 aliphatic rings. The van der Waals surface area contributed by atoms with Gasteiger partial charge in [0.25, 0.3) is 0 Å². The zero-order valence-electron chi connectivity index (χ0n) is 13.2. The first-order valence-electron chi connectivity index (χ1n) is 8.26. The van der Waals surface area contributed by atoms with Gasteiger partial charge < -0.3 is 0 Å². The highest BCUT2D eigenvalue weighted by molar-refractivity contribution is 6.31. The highest BCUT2D eigenvalue weighted by Gasteiger charge is 2.31. The van der Waals surface area contributed by atoms with Gasteiger partial charge in [-0.15, -0.1) is 0 Å². The molecule has 3 heteroatoms. The van der Waals surface area contributed by atoms with Gasteiger partial charge in [0.2, 0.25) is 0 Å². The van der Waals surface area contributed by atoms with Crippen LogP contribution in [0.4, 0.5) is 0 Å². The van der Waals surface area contributed by atoms with Crippen LogP contribution in [0.1, 0.15) is 50.4 Å². The van der Waals surface area contributed by atoms with E-state index < -0.39 is 0 Å². The maximum atomic E-state index is 6.02. The molecular formula is C19H23ClN2. The molecule has 0 spiro atoms. The summed E-state index contributed by atoms with van der Waals surface area (Å²) in [5.74, 6) is 1.99. The van der Waals surface area contributed by atoms with E-state index in [0.29, 0.717) is 5.02 Å². The molecule has 2 atom stereocenters. The van der Waals surface area contributed by atoms with Gasteiger partial charge in [0.1, 0.15) is 0 Å². The quantitative estimate of drug-likeness (QED) is 0.614. The van der Waals surface area contributed by atoms with Crippen LogP contribution in [0.5, 0.6) is 0 Å². The van der Waals surface area contributed by atoms with Gasteiger partial charge >= 0.3 is 0 Å². The fourth-order valence-electron chi connectivity index (χ4n) is 3.10. The van der Waals surface area contributed by atoms with Crippen molar-refractivity contribution in [1.82, 2.24) is 9.97 Å². The Bertz CT molecular complexity index is 680. The summed E-state index contributed by atoms with van der Waals surface area (Å²) in [4.78, 5) is 9.39. The molecule has 2 aromatic rings. The lowest BCUT2D eigenvalue weighted by Crippen LogP contribution is -1.99. The van der Waals surface area contributed by atoms with Crippen molar-refractivity contribution in [2.45, 2.75) is 45.4 Å². The van der Waals surface area contributed by atoms with Gasteiger partial charge in [-0.1, -0.05) is 44.4 Å². The Kier molecular flexibility index (Phi) is 4.77. The number of hydrogen-bond acceptors (Lipinski definition) is 2. The van der Waals surface area contributed by atoms with E-state index in [1.807, 2.05) is 18.2 Å². The second-order valence-electron chi connectivity index (χ2n) is 6.47. The monoisotopic (exact) mass is 314 g/mol. The van der Waals surface area contributed by atoms with Crippen molar-refractivity contribution in [1.29, 1.82) is 0 Å². The first kappa shape index (κ1) is 15.5. The standard InChI is InChI=1S/C19H23ClN2/c1-3-16-17(8-6-4-5-7-14-11-13(14)2)22-18-10-9-15(20)12-19(18)21-16/h3,9-10,12-14H,1,4-8,11H2,2H3/t13?,14-/m1/s1. The Morgan fingerprint density at radius 3 is 2.77 bits per heavy atom. The van der Waals surface area contributed by atoms with Crippen molar-refractivity contribution in [2.75, 3.05) is 0 Å². The normalized spacial score (nSPS) is 20.3.